The Morgan fingerprint density at radius 3 is 1.65 bits per heavy atom. The van der Waals surface area contributed by atoms with Gasteiger partial charge in [-0.15, -0.1) is 0 Å². The van der Waals surface area contributed by atoms with Crippen molar-refractivity contribution in [1.82, 2.24) is 16.0 Å². The molecule has 0 aliphatic heterocycles. The highest BCUT2D eigenvalue weighted by Crippen LogP contribution is 2.12. The van der Waals surface area contributed by atoms with Crippen molar-refractivity contribution in [2.75, 3.05) is 0 Å². The van der Waals surface area contributed by atoms with Crippen LogP contribution in [0.4, 0.5) is 0 Å². The first-order chi connectivity index (χ1) is 15.7. The molecule has 0 aliphatic carbocycles. The van der Waals surface area contributed by atoms with Crippen LogP contribution in [0.25, 0.3) is 0 Å². The molecule has 0 saturated heterocycles. The lowest BCUT2D eigenvalue weighted by Gasteiger charge is -2.29. The van der Waals surface area contributed by atoms with Crippen molar-refractivity contribution in [2.45, 2.75) is 84.0 Å². The van der Waals surface area contributed by atoms with Gasteiger partial charge >= 0.3 is 17.9 Å². The fourth-order valence-electron chi connectivity index (χ4n) is 2.94. The van der Waals surface area contributed by atoms with Gasteiger partial charge in [0.1, 0.15) is 18.1 Å². The number of rotatable bonds is 16. The fraction of sp³-hybridized carbons (Fsp3) is 0.714. The maximum absolute atomic E-state index is 12.9. The number of nitrogens with one attached hydrogen (secondary N) is 3. The molecule has 34 heavy (non-hydrogen) atoms. The molecule has 0 aromatic heterocycles. The van der Waals surface area contributed by atoms with E-state index in [0.29, 0.717) is 6.42 Å². The highest BCUT2D eigenvalue weighted by atomic mass is 16.4. The van der Waals surface area contributed by atoms with Crippen LogP contribution >= 0.6 is 0 Å². The lowest BCUT2D eigenvalue weighted by atomic mass is 9.95. The molecule has 3 amide bonds. The zero-order valence-corrected chi connectivity index (χ0v) is 19.9. The lowest BCUT2D eigenvalue weighted by Crippen LogP contribution is -2.59. The molecule has 194 valence electrons. The van der Waals surface area contributed by atoms with Crippen molar-refractivity contribution >= 4 is 35.6 Å². The Bertz CT molecular complexity index is 757. The summed E-state index contributed by atoms with van der Waals surface area (Å²) in [6.45, 7) is 6.73. The van der Waals surface area contributed by atoms with E-state index in [0.717, 1.165) is 0 Å². The molecule has 0 aliphatic rings. The number of nitrogens with two attached hydrogens (primary N) is 1. The molecular weight excluding hydrogens is 452 g/mol. The molecule has 5 unspecified atom stereocenters. The molecule has 5 atom stereocenters. The monoisotopic (exact) mass is 488 g/mol. The third-order valence-corrected chi connectivity index (χ3v) is 5.31. The van der Waals surface area contributed by atoms with Crippen molar-refractivity contribution in [1.29, 1.82) is 0 Å². The van der Waals surface area contributed by atoms with Gasteiger partial charge in [0, 0.05) is 12.8 Å². The zero-order chi connectivity index (χ0) is 26.6. The predicted octanol–water partition coefficient (Wildman–Crippen LogP) is -0.716. The van der Waals surface area contributed by atoms with E-state index in [-0.39, 0.29) is 19.3 Å². The molecule has 0 aromatic carbocycles. The Morgan fingerprint density at radius 1 is 0.735 bits per heavy atom. The number of carbonyl (C=O) groups is 6. The normalized spacial score (nSPS) is 15.4. The molecule has 0 bridgehead atoms. The highest BCUT2D eigenvalue weighted by molar-refractivity contribution is 5.94. The molecule has 0 radical (unpaired) electrons. The van der Waals surface area contributed by atoms with Crippen LogP contribution in [0.3, 0.4) is 0 Å². The van der Waals surface area contributed by atoms with E-state index < -0.39 is 78.1 Å². The van der Waals surface area contributed by atoms with Gasteiger partial charge in [0.15, 0.2) is 0 Å². The van der Waals surface area contributed by atoms with Crippen molar-refractivity contribution < 1.29 is 44.1 Å². The molecule has 8 N–H and O–H groups in total. The topological polar surface area (TPSA) is 225 Å². The van der Waals surface area contributed by atoms with Crippen molar-refractivity contribution in [2.24, 2.45) is 17.6 Å². The number of hydrogen-bond acceptors (Lipinski definition) is 7. The summed E-state index contributed by atoms with van der Waals surface area (Å²) in [5.41, 5.74) is 5.70. The maximum Gasteiger partial charge on any atom is 0.326 e. The number of carbonyl (C=O) groups excluding carboxylic acids is 3. The molecule has 13 heteroatoms. The van der Waals surface area contributed by atoms with Crippen LogP contribution in [0.5, 0.6) is 0 Å². The van der Waals surface area contributed by atoms with Gasteiger partial charge in [-0.05, 0) is 24.7 Å². The zero-order valence-electron chi connectivity index (χ0n) is 19.9. The summed E-state index contributed by atoms with van der Waals surface area (Å²) in [6, 6.07) is -4.85. The molecule has 0 heterocycles. The average Bonchev–Trinajstić information content (AvgIpc) is 2.74. The van der Waals surface area contributed by atoms with Gasteiger partial charge in [0.05, 0.1) is 6.04 Å². The molecule has 0 fully saturated rings. The first kappa shape index (κ1) is 30.8. The Kier molecular flexibility index (Phi) is 13.4. The standard InChI is InChI=1S/C21H36N4O9/c1-5-11(4)17(20(32)23-13(21(33)34)7-9-15(28)29)25-19(31)16(10(2)3)24-18(30)12(22)6-8-14(26)27/h10-13,16-17H,5-9,22H2,1-4H3,(H,23,32)(H,24,30)(H,25,31)(H,26,27)(H,28,29)(H,33,34). The second-order valence-corrected chi connectivity index (χ2v) is 8.47. The third-order valence-electron chi connectivity index (χ3n) is 5.31. The highest BCUT2D eigenvalue weighted by Gasteiger charge is 2.33. The molecule has 13 nitrogen and oxygen atoms in total. The van der Waals surface area contributed by atoms with Crippen LogP contribution in [0.15, 0.2) is 0 Å². The van der Waals surface area contributed by atoms with Crippen molar-refractivity contribution in [3.05, 3.63) is 0 Å². The molecular formula is C21H36N4O9. The van der Waals surface area contributed by atoms with E-state index in [2.05, 4.69) is 16.0 Å². The Morgan fingerprint density at radius 2 is 1.21 bits per heavy atom. The van der Waals surface area contributed by atoms with Gasteiger partial charge in [-0.3, -0.25) is 24.0 Å². The molecule has 0 aromatic rings. The van der Waals surface area contributed by atoms with Gasteiger partial charge in [-0.1, -0.05) is 34.1 Å². The molecule has 0 rings (SSSR count). The Balaban J connectivity index is 5.46. The van der Waals surface area contributed by atoms with E-state index in [9.17, 15) is 33.9 Å². The largest absolute Gasteiger partial charge is 0.481 e. The second kappa shape index (κ2) is 14.8. The minimum Gasteiger partial charge on any atom is -0.481 e. The molecule has 0 saturated carbocycles. The minimum absolute atomic E-state index is 0.127. The number of carboxylic acids is 3. The van der Waals surface area contributed by atoms with Crippen LogP contribution < -0.4 is 21.7 Å². The van der Waals surface area contributed by atoms with Gasteiger partial charge in [-0.25, -0.2) is 4.79 Å². The number of carboxylic acid groups (broad SMARTS) is 3. The summed E-state index contributed by atoms with van der Waals surface area (Å²) in [7, 11) is 0. The number of aliphatic carboxylic acids is 3. The van der Waals surface area contributed by atoms with Gasteiger partial charge in [0.2, 0.25) is 17.7 Å². The van der Waals surface area contributed by atoms with Crippen LogP contribution in [0, 0.1) is 11.8 Å². The van der Waals surface area contributed by atoms with E-state index in [4.69, 9.17) is 15.9 Å². The summed E-state index contributed by atoms with van der Waals surface area (Å²) in [5.74, 6) is -6.81. The third kappa shape index (κ3) is 11.1. The van der Waals surface area contributed by atoms with E-state index in [1.54, 1.807) is 27.7 Å². The van der Waals surface area contributed by atoms with Crippen LogP contribution in [-0.4, -0.2) is 75.1 Å². The van der Waals surface area contributed by atoms with Crippen LogP contribution in [-0.2, 0) is 28.8 Å². The SMILES string of the molecule is CCC(C)C(NC(=O)C(NC(=O)C(N)CCC(=O)O)C(C)C)C(=O)NC(CCC(=O)O)C(=O)O. The quantitative estimate of drug-likeness (QED) is 0.144. The van der Waals surface area contributed by atoms with E-state index in [1.165, 1.54) is 0 Å². The Labute approximate surface area is 197 Å². The summed E-state index contributed by atoms with van der Waals surface area (Å²) in [6.07, 6.45) is -0.809. The Hall–Kier alpha value is -3.22. The summed E-state index contributed by atoms with van der Waals surface area (Å²) < 4.78 is 0. The average molecular weight is 489 g/mol. The van der Waals surface area contributed by atoms with Crippen LogP contribution in [0.1, 0.15) is 59.8 Å². The maximum atomic E-state index is 12.9. The van der Waals surface area contributed by atoms with E-state index >= 15 is 0 Å². The number of amides is 3. The molecule has 0 spiro atoms. The smallest absolute Gasteiger partial charge is 0.326 e. The summed E-state index contributed by atoms with van der Waals surface area (Å²) in [5, 5.41) is 34.1. The van der Waals surface area contributed by atoms with Crippen molar-refractivity contribution in [3.8, 4) is 0 Å². The van der Waals surface area contributed by atoms with Crippen LogP contribution in [0.2, 0.25) is 0 Å². The first-order valence-corrected chi connectivity index (χ1v) is 11.0. The van der Waals surface area contributed by atoms with Gasteiger partial charge in [-0.2, -0.15) is 0 Å². The van der Waals surface area contributed by atoms with Gasteiger partial charge < -0.3 is 37.0 Å². The summed E-state index contributed by atoms with van der Waals surface area (Å²) in [4.78, 5) is 70.9. The number of hydrogen-bond donors (Lipinski definition) is 7. The fourth-order valence-corrected chi connectivity index (χ4v) is 2.94. The summed E-state index contributed by atoms with van der Waals surface area (Å²) >= 11 is 0. The second-order valence-electron chi connectivity index (χ2n) is 8.47. The predicted molar refractivity (Wildman–Crippen MR) is 119 cm³/mol. The van der Waals surface area contributed by atoms with Gasteiger partial charge in [0.25, 0.3) is 0 Å². The first-order valence-electron chi connectivity index (χ1n) is 11.0. The van der Waals surface area contributed by atoms with Crippen molar-refractivity contribution in [3.63, 3.8) is 0 Å². The minimum atomic E-state index is -1.46. The van der Waals surface area contributed by atoms with E-state index in [1.807, 2.05) is 0 Å². The lowest BCUT2D eigenvalue weighted by molar-refractivity contribution is -0.144.